The van der Waals surface area contributed by atoms with E-state index in [-0.39, 0.29) is 5.91 Å². The zero-order chi connectivity index (χ0) is 20.1. The summed E-state index contributed by atoms with van der Waals surface area (Å²) in [7, 11) is 3.22. The number of rotatable bonds is 5. The molecule has 1 saturated heterocycles. The van der Waals surface area contributed by atoms with Crippen molar-refractivity contribution in [2.75, 3.05) is 40.5 Å². The Morgan fingerprint density at radius 3 is 2.36 bits per heavy atom. The number of amides is 1. The molecule has 1 amide bonds. The van der Waals surface area contributed by atoms with E-state index in [1.165, 1.54) is 5.56 Å². The quantitative estimate of drug-likeness (QED) is 0.743. The lowest BCUT2D eigenvalue weighted by molar-refractivity contribution is -0.129. The third kappa shape index (κ3) is 4.37. The van der Waals surface area contributed by atoms with Crippen LogP contribution < -0.4 is 9.47 Å². The highest BCUT2D eigenvalue weighted by Crippen LogP contribution is 2.34. The number of benzene rings is 2. The first-order valence-corrected chi connectivity index (χ1v) is 9.42. The molecule has 0 aromatic heterocycles. The van der Waals surface area contributed by atoms with E-state index in [4.69, 9.17) is 14.2 Å². The summed E-state index contributed by atoms with van der Waals surface area (Å²) in [5.41, 5.74) is 5.11. The van der Waals surface area contributed by atoms with Gasteiger partial charge in [0.1, 0.15) is 0 Å². The van der Waals surface area contributed by atoms with E-state index in [2.05, 4.69) is 32.0 Å². The lowest BCUT2D eigenvalue weighted by Crippen LogP contribution is -2.39. The number of morpholine rings is 1. The molecule has 0 bridgehead atoms. The van der Waals surface area contributed by atoms with Gasteiger partial charge in [0, 0.05) is 19.2 Å². The fraction of sp³-hybridized carbons (Fsp3) is 0.348. The summed E-state index contributed by atoms with van der Waals surface area (Å²) < 4.78 is 16.2. The van der Waals surface area contributed by atoms with Crippen LogP contribution in [0.1, 0.15) is 22.3 Å². The molecule has 1 aliphatic rings. The third-order valence-electron chi connectivity index (χ3n) is 4.96. The minimum atomic E-state index is -0.00643. The van der Waals surface area contributed by atoms with Crippen molar-refractivity contribution in [3.63, 3.8) is 0 Å². The molecule has 3 rings (SSSR count). The summed E-state index contributed by atoms with van der Waals surface area (Å²) in [5, 5.41) is 0. The molecule has 0 N–H and O–H groups in total. The van der Waals surface area contributed by atoms with E-state index in [0.29, 0.717) is 37.8 Å². The van der Waals surface area contributed by atoms with Crippen molar-refractivity contribution in [1.29, 1.82) is 0 Å². The maximum Gasteiger partial charge on any atom is 0.247 e. The van der Waals surface area contributed by atoms with Crippen LogP contribution in [0.25, 0.3) is 5.57 Å². The highest BCUT2D eigenvalue weighted by Gasteiger charge is 2.18. The van der Waals surface area contributed by atoms with E-state index < -0.39 is 0 Å². The van der Waals surface area contributed by atoms with Crippen LogP contribution in [0.4, 0.5) is 0 Å². The topological polar surface area (TPSA) is 48.0 Å². The maximum atomic E-state index is 12.9. The van der Waals surface area contributed by atoms with E-state index in [9.17, 15) is 4.79 Å². The largest absolute Gasteiger partial charge is 0.493 e. The van der Waals surface area contributed by atoms with Gasteiger partial charge in [0.15, 0.2) is 11.5 Å². The molecule has 28 heavy (non-hydrogen) atoms. The highest BCUT2D eigenvalue weighted by molar-refractivity contribution is 5.99. The molecule has 0 atom stereocenters. The van der Waals surface area contributed by atoms with Crippen molar-refractivity contribution in [3.8, 4) is 11.5 Å². The number of hydrogen-bond donors (Lipinski definition) is 0. The number of nitrogens with zero attached hydrogens (tertiary/aromatic N) is 1. The first kappa shape index (κ1) is 20.0. The molecule has 5 heteroatoms. The molecule has 0 saturated carbocycles. The van der Waals surface area contributed by atoms with Crippen LogP contribution in [0.15, 0.2) is 42.5 Å². The molecule has 2 aromatic rings. The van der Waals surface area contributed by atoms with Gasteiger partial charge in [-0.25, -0.2) is 0 Å². The van der Waals surface area contributed by atoms with Crippen LogP contribution in [0.3, 0.4) is 0 Å². The number of carbonyl (C=O) groups is 1. The average molecular weight is 381 g/mol. The SMILES string of the molecule is COc1ccc(/C(=C/C(=O)N2CCOCC2)c2ccc(C)cc2C)cc1OC. The van der Waals surface area contributed by atoms with Crippen molar-refractivity contribution in [2.45, 2.75) is 13.8 Å². The van der Waals surface area contributed by atoms with E-state index in [1.807, 2.05) is 23.1 Å². The van der Waals surface area contributed by atoms with Crippen molar-refractivity contribution in [3.05, 3.63) is 64.7 Å². The normalized spacial score (nSPS) is 14.7. The van der Waals surface area contributed by atoms with Gasteiger partial charge in [-0.1, -0.05) is 29.8 Å². The van der Waals surface area contributed by atoms with Crippen molar-refractivity contribution < 1.29 is 19.0 Å². The maximum absolute atomic E-state index is 12.9. The summed E-state index contributed by atoms with van der Waals surface area (Å²) in [5.74, 6) is 1.29. The molecule has 0 unspecified atom stereocenters. The molecular formula is C23H27NO4. The van der Waals surface area contributed by atoms with Gasteiger partial charge in [-0.15, -0.1) is 0 Å². The second-order valence-electron chi connectivity index (χ2n) is 6.88. The minimum absolute atomic E-state index is 0.00643. The lowest BCUT2D eigenvalue weighted by atomic mass is 9.92. The van der Waals surface area contributed by atoms with Crippen molar-refractivity contribution >= 4 is 11.5 Å². The summed E-state index contributed by atoms with van der Waals surface area (Å²) in [6.45, 7) is 6.51. The van der Waals surface area contributed by atoms with Gasteiger partial charge >= 0.3 is 0 Å². The molecule has 148 valence electrons. The smallest absolute Gasteiger partial charge is 0.247 e. The standard InChI is InChI=1S/C23H27NO4/c1-16-5-7-19(17(2)13-16)20(15-23(25)24-9-11-28-12-10-24)18-6-8-21(26-3)22(14-18)27-4/h5-8,13-15H,9-12H2,1-4H3/b20-15-. The summed E-state index contributed by atoms with van der Waals surface area (Å²) in [4.78, 5) is 14.8. The third-order valence-corrected chi connectivity index (χ3v) is 4.96. The van der Waals surface area contributed by atoms with Crippen LogP contribution in [-0.4, -0.2) is 51.3 Å². The number of aryl methyl sites for hydroxylation is 2. The summed E-state index contributed by atoms with van der Waals surface area (Å²) >= 11 is 0. The van der Waals surface area contributed by atoms with Gasteiger partial charge in [-0.3, -0.25) is 4.79 Å². The molecule has 1 fully saturated rings. The molecule has 2 aromatic carbocycles. The van der Waals surface area contributed by atoms with Crippen LogP contribution in [0.5, 0.6) is 11.5 Å². The monoisotopic (exact) mass is 381 g/mol. The van der Waals surface area contributed by atoms with Crippen molar-refractivity contribution in [2.24, 2.45) is 0 Å². The summed E-state index contributed by atoms with van der Waals surface area (Å²) in [6, 6.07) is 12.0. The number of methoxy groups -OCH3 is 2. The molecule has 0 spiro atoms. The predicted octanol–water partition coefficient (Wildman–Crippen LogP) is 3.61. The van der Waals surface area contributed by atoms with E-state index in [0.717, 1.165) is 22.3 Å². The van der Waals surface area contributed by atoms with E-state index >= 15 is 0 Å². The Hall–Kier alpha value is -2.79. The Kier molecular flexibility index (Phi) is 6.37. The Bertz CT molecular complexity index is 882. The lowest BCUT2D eigenvalue weighted by Gasteiger charge is -2.26. The van der Waals surface area contributed by atoms with Crippen LogP contribution in [-0.2, 0) is 9.53 Å². The van der Waals surface area contributed by atoms with Gasteiger partial charge in [0.25, 0.3) is 0 Å². The fourth-order valence-electron chi connectivity index (χ4n) is 3.43. The molecule has 0 aliphatic carbocycles. The van der Waals surface area contributed by atoms with Crippen LogP contribution in [0.2, 0.25) is 0 Å². The minimum Gasteiger partial charge on any atom is -0.493 e. The van der Waals surface area contributed by atoms with Gasteiger partial charge in [0.05, 0.1) is 27.4 Å². The first-order chi connectivity index (χ1) is 13.5. The first-order valence-electron chi connectivity index (χ1n) is 9.42. The van der Waals surface area contributed by atoms with Gasteiger partial charge < -0.3 is 19.1 Å². The molecule has 5 nitrogen and oxygen atoms in total. The van der Waals surface area contributed by atoms with E-state index in [1.54, 1.807) is 20.3 Å². The molecule has 0 radical (unpaired) electrons. The predicted molar refractivity (Wildman–Crippen MR) is 110 cm³/mol. The zero-order valence-electron chi connectivity index (χ0n) is 17.0. The molecule has 1 aliphatic heterocycles. The Morgan fingerprint density at radius 1 is 1.00 bits per heavy atom. The average Bonchev–Trinajstić information content (AvgIpc) is 2.72. The second-order valence-corrected chi connectivity index (χ2v) is 6.88. The number of hydrogen-bond acceptors (Lipinski definition) is 4. The zero-order valence-corrected chi connectivity index (χ0v) is 17.0. The number of ether oxygens (including phenoxy) is 3. The molecular weight excluding hydrogens is 354 g/mol. The number of carbonyl (C=O) groups excluding carboxylic acids is 1. The van der Waals surface area contributed by atoms with Gasteiger partial charge in [-0.2, -0.15) is 0 Å². The Labute approximate surface area is 166 Å². The van der Waals surface area contributed by atoms with Crippen molar-refractivity contribution in [1.82, 2.24) is 4.90 Å². The molecule has 1 heterocycles. The Balaban J connectivity index is 2.08. The Morgan fingerprint density at radius 2 is 1.71 bits per heavy atom. The fourth-order valence-corrected chi connectivity index (χ4v) is 3.43. The highest BCUT2D eigenvalue weighted by atomic mass is 16.5. The van der Waals surface area contributed by atoms with Gasteiger partial charge in [-0.05, 0) is 48.2 Å². The van der Waals surface area contributed by atoms with Crippen LogP contribution in [0, 0.1) is 13.8 Å². The summed E-state index contributed by atoms with van der Waals surface area (Å²) in [6.07, 6.45) is 1.73. The van der Waals surface area contributed by atoms with Crippen LogP contribution >= 0.6 is 0 Å². The second kappa shape index (κ2) is 8.93. The van der Waals surface area contributed by atoms with Gasteiger partial charge in [0.2, 0.25) is 5.91 Å².